The molecule has 0 spiro atoms. The Morgan fingerprint density at radius 2 is 1.10 bits per heavy atom. The van der Waals surface area contributed by atoms with Gasteiger partial charge in [-0.25, -0.2) is 0 Å². The predicted octanol–water partition coefficient (Wildman–Crippen LogP) is 5.08. The highest BCUT2D eigenvalue weighted by atomic mass is 16.2. The molecule has 1 aliphatic rings. The van der Waals surface area contributed by atoms with Crippen LogP contribution in [0.15, 0.2) is 85.2 Å². The van der Waals surface area contributed by atoms with Crippen LogP contribution in [-0.2, 0) is 0 Å². The average molecular weight is 405 g/mol. The highest BCUT2D eigenvalue weighted by molar-refractivity contribution is 6.21. The zero-order valence-electron chi connectivity index (χ0n) is 16.6. The summed E-state index contributed by atoms with van der Waals surface area (Å²) in [5.41, 5.74) is 5.15. The first-order valence-corrected chi connectivity index (χ1v) is 10.3. The standard InChI is InChI=1S/C26H19N3O2/c30-25-18-9-1-2-10-19(18)26(31)29(25)15-22(20-13-27-23-11-5-3-7-16(20)23)21-14-28-24-12-6-4-8-17(21)24/h1-14,22,27-28H,15H2. The van der Waals surface area contributed by atoms with Crippen molar-refractivity contribution in [2.45, 2.75) is 5.92 Å². The lowest BCUT2D eigenvalue weighted by Crippen LogP contribution is -2.34. The van der Waals surface area contributed by atoms with Gasteiger partial charge in [0.25, 0.3) is 11.8 Å². The lowest BCUT2D eigenvalue weighted by molar-refractivity contribution is 0.0649. The number of imide groups is 1. The quantitative estimate of drug-likeness (QED) is 0.410. The number of hydrogen-bond acceptors (Lipinski definition) is 2. The van der Waals surface area contributed by atoms with Gasteiger partial charge in [0.05, 0.1) is 11.1 Å². The Morgan fingerprint density at radius 3 is 1.61 bits per heavy atom. The van der Waals surface area contributed by atoms with Gasteiger partial charge in [0.15, 0.2) is 0 Å². The molecule has 0 radical (unpaired) electrons. The Balaban J connectivity index is 1.50. The van der Waals surface area contributed by atoms with Gasteiger partial charge in [-0.15, -0.1) is 0 Å². The summed E-state index contributed by atoms with van der Waals surface area (Å²) in [5, 5.41) is 2.18. The van der Waals surface area contributed by atoms with Crippen LogP contribution >= 0.6 is 0 Å². The van der Waals surface area contributed by atoms with Crippen molar-refractivity contribution in [2.75, 3.05) is 6.54 Å². The van der Waals surface area contributed by atoms with Gasteiger partial charge in [0, 0.05) is 46.7 Å². The molecule has 5 aromatic rings. The van der Waals surface area contributed by atoms with Crippen LogP contribution < -0.4 is 0 Å². The van der Waals surface area contributed by atoms with Crippen LogP contribution in [0.3, 0.4) is 0 Å². The molecule has 0 atom stereocenters. The Bertz CT molecular complexity index is 1370. The number of nitrogens with one attached hydrogen (secondary N) is 2. The highest BCUT2D eigenvalue weighted by Gasteiger charge is 2.37. The maximum Gasteiger partial charge on any atom is 0.261 e. The molecule has 150 valence electrons. The molecule has 5 heteroatoms. The molecule has 1 aliphatic heterocycles. The van der Waals surface area contributed by atoms with Crippen LogP contribution in [0.1, 0.15) is 37.8 Å². The number of carbonyl (C=O) groups excluding carboxylic acids is 2. The van der Waals surface area contributed by atoms with Crippen LogP contribution in [0.25, 0.3) is 21.8 Å². The fourth-order valence-corrected chi connectivity index (χ4v) is 4.72. The molecule has 0 unspecified atom stereocenters. The maximum absolute atomic E-state index is 13.1. The molecular weight excluding hydrogens is 386 g/mol. The summed E-state index contributed by atoms with van der Waals surface area (Å²) in [5.74, 6) is -0.634. The van der Waals surface area contributed by atoms with Crippen LogP contribution in [0.4, 0.5) is 0 Å². The number of carbonyl (C=O) groups is 2. The third-order valence-electron chi connectivity index (χ3n) is 6.24. The van der Waals surface area contributed by atoms with Crippen molar-refractivity contribution in [3.8, 4) is 0 Å². The predicted molar refractivity (Wildman–Crippen MR) is 120 cm³/mol. The molecule has 3 heterocycles. The van der Waals surface area contributed by atoms with Gasteiger partial charge in [-0.05, 0) is 35.4 Å². The largest absolute Gasteiger partial charge is 0.361 e. The van der Waals surface area contributed by atoms with Crippen molar-refractivity contribution in [1.82, 2.24) is 14.9 Å². The first kappa shape index (κ1) is 17.7. The van der Waals surface area contributed by atoms with E-state index in [0.717, 1.165) is 32.9 Å². The maximum atomic E-state index is 13.1. The number of hydrogen-bond donors (Lipinski definition) is 2. The first-order valence-electron chi connectivity index (χ1n) is 10.3. The fraction of sp³-hybridized carbons (Fsp3) is 0.0769. The zero-order valence-corrected chi connectivity index (χ0v) is 16.6. The SMILES string of the molecule is O=C1c2ccccc2C(=O)N1CC(c1c[nH]c2ccccc12)c1c[nH]c2ccccc12. The molecule has 0 fully saturated rings. The van der Waals surface area contributed by atoms with Crippen LogP contribution in [0.5, 0.6) is 0 Å². The number of nitrogens with zero attached hydrogens (tertiary/aromatic N) is 1. The van der Waals surface area contributed by atoms with E-state index in [4.69, 9.17) is 0 Å². The normalized spacial score (nSPS) is 13.6. The lowest BCUT2D eigenvalue weighted by Gasteiger charge is -2.22. The minimum Gasteiger partial charge on any atom is -0.361 e. The van der Waals surface area contributed by atoms with E-state index in [2.05, 4.69) is 22.1 Å². The second kappa shape index (κ2) is 6.71. The Morgan fingerprint density at radius 1 is 0.645 bits per heavy atom. The third-order valence-corrected chi connectivity index (χ3v) is 6.24. The number of amides is 2. The monoisotopic (exact) mass is 405 g/mol. The minimum absolute atomic E-state index is 0.172. The Hall–Kier alpha value is -4.12. The third kappa shape index (κ3) is 2.63. The van der Waals surface area contributed by atoms with Gasteiger partial charge < -0.3 is 9.97 Å². The van der Waals surface area contributed by atoms with Gasteiger partial charge >= 0.3 is 0 Å². The van der Waals surface area contributed by atoms with Gasteiger partial charge in [0.1, 0.15) is 0 Å². The zero-order chi connectivity index (χ0) is 20.9. The summed E-state index contributed by atoms with van der Waals surface area (Å²) >= 11 is 0. The number of aromatic amines is 2. The topological polar surface area (TPSA) is 69.0 Å². The average Bonchev–Trinajstić information content (AvgIpc) is 3.49. The Labute approximate surface area is 178 Å². The second-order valence-electron chi connectivity index (χ2n) is 7.90. The number of rotatable bonds is 4. The van der Waals surface area contributed by atoms with E-state index in [1.807, 2.05) is 48.8 Å². The number of H-pyrrole nitrogens is 2. The molecule has 31 heavy (non-hydrogen) atoms. The number of fused-ring (bicyclic) bond motifs is 3. The van der Waals surface area contributed by atoms with Crippen molar-refractivity contribution in [2.24, 2.45) is 0 Å². The molecule has 2 N–H and O–H groups in total. The summed E-state index contributed by atoms with van der Waals surface area (Å²) in [4.78, 5) is 34.3. The number of para-hydroxylation sites is 2. The van der Waals surface area contributed by atoms with Crippen molar-refractivity contribution in [3.05, 3.63) is 107 Å². The van der Waals surface area contributed by atoms with Gasteiger partial charge in [-0.3, -0.25) is 14.5 Å². The molecule has 0 saturated heterocycles. The fourth-order valence-electron chi connectivity index (χ4n) is 4.72. The van der Waals surface area contributed by atoms with Crippen molar-refractivity contribution in [1.29, 1.82) is 0 Å². The molecule has 5 nitrogen and oxygen atoms in total. The van der Waals surface area contributed by atoms with E-state index in [1.165, 1.54) is 4.90 Å². The molecule has 2 aromatic heterocycles. The van der Waals surface area contributed by atoms with E-state index < -0.39 is 0 Å². The van der Waals surface area contributed by atoms with Crippen molar-refractivity contribution in [3.63, 3.8) is 0 Å². The van der Waals surface area contributed by atoms with Crippen LogP contribution in [0, 0.1) is 0 Å². The molecular formula is C26H19N3O2. The van der Waals surface area contributed by atoms with E-state index in [-0.39, 0.29) is 24.3 Å². The smallest absolute Gasteiger partial charge is 0.261 e. The van der Waals surface area contributed by atoms with E-state index >= 15 is 0 Å². The molecule has 0 saturated carbocycles. The first-order chi connectivity index (χ1) is 15.2. The molecule has 3 aromatic carbocycles. The van der Waals surface area contributed by atoms with Crippen molar-refractivity contribution < 1.29 is 9.59 Å². The van der Waals surface area contributed by atoms with Crippen LogP contribution in [0.2, 0.25) is 0 Å². The van der Waals surface area contributed by atoms with E-state index in [0.29, 0.717) is 11.1 Å². The van der Waals surface area contributed by atoms with Crippen molar-refractivity contribution >= 4 is 33.6 Å². The second-order valence-corrected chi connectivity index (χ2v) is 7.90. The number of benzene rings is 3. The van der Waals surface area contributed by atoms with Gasteiger partial charge in [0.2, 0.25) is 0 Å². The molecule has 0 bridgehead atoms. The van der Waals surface area contributed by atoms with Crippen LogP contribution in [-0.4, -0.2) is 33.2 Å². The number of aromatic nitrogens is 2. The summed E-state index contributed by atoms with van der Waals surface area (Å²) in [6, 6.07) is 23.3. The highest BCUT2D eigenvalue weighted by Crippen LogP contribution is 2.37. The summed E-state index contributed by atoms with van der Waals surface area (Å²) < 4.78 is 0. The Kier molecular flexibility index (Phi) is 3.83. The van der Waals surface area contributed by atoms with E-state index in [1.54, 1.807) is 24.3 Å². The molecule has 6 rings (SSSR count). The summed E-state index contributed by atoms with van der Waals surface area (Å²) in [7, 11) is 0. The van der Waals surface area contributed by atoms with Gasteiger partial charge in [-0.1, -0.05) is 48.5 Å². The summed E-state index contributed by atoms with van der Waals surface area (Å²) in [6.45, 7) is 0.274. The lowest BCUT2D eigenvalue weighted by atomic mass is 9.90. The van der Waals surface area contributed by atoms with Gasteiger partial charge in [-0.2, -0.15) is 0 Å². The van der Waals surface area contributed by atoms with E-state index in [9.17, 15) is 9.59 Å². The molecule has 0 aliphatic carbocycles. The molecule has 2 amide bonds. The minimum atomic E-state index is -0.231. The summed E-state index contributed by atoms with van der Waals surface area (Å²) in [6.07, 6.45) is 3.99.